The molecule has 7 nitrogen and oxygen atoms in total. The Labute approximate surface area is 138 Å². The van der Waals surface area contributed by atoms with Gasteiger partial charge in [0.15, 0.2) is 11.5 Å². The number of hydrogen-bond donors (Lipinski definition) is 3. The second-order valence-electron chi connectivity index (χ2n) is 5.82. The van der Waals surface area contributed by atoms with Gasteiger partial charge in [-0.25, -0.2) is 0 Å². The number of rotatable bonds is 5. The van der Waals surface area contributed by atoms with Crippen LogP contribution in [0.5, 0.6) is 0 Å². The van der Waals surface area contributed by atoms with E-state index >= 15 is 0 Å². The number of aromatic nitrogens is 5. The highest BCUT2D eigenvalue weighted by molar-refractivity contribution is 5.83. The van der Waals surface area contributed by atoms with Crippen molar-refractivity contribution in [3.05, 3.63) is 54.0 Å². The zero-order chi connectivity index (χ0) is 16.5. The summed E-state index contributed by atoms with van der Waals surface area (Å²) >= 11 is 0. The van der Waals surface area contributed by atoms with Crippen LogP contribution in [0.25, 0.3) is 16.6 Å². The highest BCUT2D eigenvalue weighted by Gasteiger charge is 2.13. The molecular formula is C17H18N6O. The van der Waals surface area contributed by atoms with Crippen molar-refractivity contribution in [3.63, 3.8) is 0 Å². The predicted molar refractivity (Wildman–Crippen MR) is 92.0 cm³/mol. The van der Waals surface area contributed by atoms with Gasteiger partial charge in [0.2, 0.25) is 0 Å². The lowest BCUT2D eigenvalue weighted by Crippen LogP contribution is -2.27. The molecule has 0 fully saturated rings. The van der Waals surface area contributed by atoms with Gasteiger partial charge in [-0.15, -0.1) is 15.3 Å². The highest BCUT2D eigenvalue weighted by Crippen LogP contribution is 2.20. The Hall–Kier alpha value is -2.93. The van der Waals surface area contributed by atoms with E-state index in [2.05, 4.69) is 31.7 Å². The predicted octanol–water partition coefficient (Wildman–Crippen LogP) is 1.93. The molecule has 0 aliphatic heterocycles. The Morgan fingerprint density at radius 1 is 1.21 bits per heavy atom. The number of aliphatic hydroxyl groups excluding tert-OH is 1. The molecule has 4 aromatic rings. The molecule has 1 unspecified atom stereocenters. The molecule has 0 bridgehead atoms. The fourth-order valence-corrected chi connectivity index (χ4v) is 2.91. The molecule has 4 rings (SSSR count). The molecule has 0 amide bonds. The van der Waals surface area contributed by atoms with E-state index in [9.17, 15) is 5.11 Å². The first-order valence-corrected chi connectivity index (χ1v) is 7.86. The second kappa shape index (κ2) is 5.93. The van der Waals surface area contributed by atoms with Gasteiger partial charge in [-0.1, -0.05) is 18.2 Å². The number of nitrogens with one attached hydrogen (secondary N) is 2. The van der Waals surface area contributed by atoms with E-state index in [4.69, 9.17) is 0 Å². The van der Waals surface area contributed by atoms with Gasteiger partial charge in [0.05, 0.1) is 12.6 Å². The van der Waals surface area contributed by atoms with Crippen LogP contribution in [0.4, 0.5) is 5.82 Å². The smallest absolute Gasteiger partial charge is 0.178 e. The highest BCUT2D eigenvalue weighted by atomic mass is 16.3. The normalized spacial score (nSPS) is 12.8. The number of benzene rings is 1. The van der Waals surface area contributed by atoms with Crippen LogP contribution >= 0.6 is 0 Å². The summed E-state index contributed by atoms with van der Waals surface area (Å²) in [4.78, 5) is 3.26. The van der Waals surface area contributed by atoms with Crippen molar-refractivity contribution in [2.45, 2.75) is 19.4 Å². The van der Waals surface area contributed by atoms with Gasteiger partial charge < -0.3 is 15.4 Å². The number of hydrogen-bond acceptors (Lipinski definition) is 5. The molecule has 122 valence electrons. The molecule has 1 aromatic carbocycles. The van der Waals surface area contributed by atoms with E-state index in [0.29, 0.717) is 17.9 Å². The van der Waals surface area contributed by atoms with Crippen LogP contribution < -0.4 is 5.32 Å². The SMILES string of the molecule is Cc1nnc2ccc(NC(CO)Cc3c[nH]c4ccccc34)nn12. The van der Waals surface area contributed by atoms with Crippen molar-refractivity contribution < 1.29 is 5.11 Å². The molecule has 3 heterocycles. The molecule has 24 heavy (non-hydrogen) atoms. The van der Waals surface area contributed by atoms with Gasteiger partial charge >= 0.3 is 0 Å². The number of nitrogens with zero attached hydrogens (tertiary/aromatic N) is 4. The molecule has 0 aliphatic carbocycles. The van der Waals surface area contributed by atoms with Crippen molar-refractivity contribution in [3.8, 4) is 0 Å². The quantitative estimate of drug-likeness (QED) is 0.522. The van der Waals surface area contributed by atoms with Crippen LogP contribution in [-0.4, -0.2) is 42.6 Å². The van der Waals surface area contributed by atoms with E-state index in [1.54, 1.807) is 4.52 Å². The maximum Gasteiger partial charge on any atom is 0.178 e. The molecule has 1 atom stereocenters. The van der Waals surface area contributed by atoms with Crippen molar-refractivity contribution in [2.24, 2.45) is 0 Å². The molecule has 0 saturated carbocycles. The third-order valence-electron chi connectivity index (χ3n) is 4.13. The Bertz CT molecular complexity index is 989. The van der Waals surface area contributed by atoms with Gasteiger partial charge in [-0.3, -0.25) is 0 Å². The van der Waals surface area contributed by atoms with Gasteiger partial charge in [0, 0.05) is 17.1 Å². The van der Waals surface area contributed by atoms with E-state index in [-0.39, 0.29) is 12.6 Å². The number of aryl methyl sites for hydroxylation is 1. The fourth-order valence-electron chi connectivity index (χ4n) is 2.91. The molecule has 3 aromatic heterocycles. The van der Waals surface area contributed by atoms with Gasteiger partial charge in [0.25, 0.3) is 0 Å². The Kier molecular flexibility index (Phi) is 3.62. The van der Waals surface area contributed by atoms with Crippen LogP contribution in [0, 0.1) is 6.92 Å². The minimum Gasteiger partial charge on any atom is -0.394 e. The fraction of sp³-hybridized carbons (Fsp3) is 0.235. The lowest BCUT2D eigenvalue weighted by Gasteiger charge is -2.16. The third kappa shape index (κ3) is 2.59. The van der Waals surface area contributed by atoms with E-state index in [0.717, 1.165) is 11.3 Å². The Morgan fingerprint density at radius 2 is 2.08 bits per heavy atom. The minimum absolute atomic E-state index is 0.0143. The standard InChI is InChI=1S/C17H18N6O/c1-11-20-21-17-7-6-16(22-23(11)17)19-13(10-24)8-12-9-18-15-5-3-2-4-14(12)15/h2-7,9,13,18,24H,8,10H2,1H3,(H,19,22). The first-order valence-electron chi connectivity index (χ1n) is 7.86. The number of aromatic amines is 1. The monoisotopic (exact) mass is 322 g/mol. The van der Waals surface area contributed by atoms with Crippen LogP contribution in [0.3, 0.4) is 0 Å². The molecule has 0 radical (unpaired) electrons. The van der Waals surface area contributed by atoms with Crippen LogP contribution in [0.2, 0.25) is 0 Å². The van der Waals surface area contributed by atoms with E-state index in [1.165, 1.54) is 10.9 Å². The average molecular weight is 322 g/mol. The van der Waals surface area contributed by atoms with Crippen molar-refractivity contribution in [1.82, 2.24) is 24.8 Å². The first-order chi connectivity index (χ1) is 11.7. The molecule has 3 N–H and O–H groups in total. The number of anilines is 1. The van der Waals surface area contributed by atoms with Gasteiger partial charge in [0.1, 0.15) is 5.82 Å². The number of fused-ring (bicyclic) bond motifs is 2. The third-order valence-corrected chi connectivity index (χ3v) is 4.13. The lowest BCUT2D eigenvalue weighted by molar-refractivity contribution is 0.273. The second-order valence-corrected chi connectivity index (χ2v) is 5.82. The van der Waals surface area contributed by atoms with Crippen LogP contribution in [0.1, 0.15) is 11.4 Å². The van der Waals surface area contributed by atoms with E-state index in [1.807, 2.05) is 43.5 Å². The summed E-state index contributed by atoms with van der Waals surface area (Å²) in [6, 6.07) is 11.7. The van der Waals surface area contributed by atoms with Gasteiger partial charge in [-0.2, -0.15) is 4.52 Å². The van der Waals surface area contributed by atoms with E-state index < -0.39 is 0 Å². The summed E-state index contributed by atoms with van der Waals surface area (Å²) < 4.78 is 1.68. The van der Waals surface area contributed by atoms with Gasteiger partial charge in [-0.05, 0) is 37.1 Å². The number of H-pyrrole nitrogens is 1. The summed E-state index contributed by atoms with van der Waals surface area (Å²) in [5, 5.41) is 26.7. The lowest BCUT2D eigenvalue weighted by atomic mass is 10.1. The summed E-state index contributed by atoms with van der Waals surface area (Å²) in [6.45, 7) is 1.87. The molecule has 0 aliphatic rings. The summed E-state index contributed by atoms with van der Waals surface area (Å²) in [7, 11) is 0. The Balaban J connectivity index is 1.57. The Morgan fingerprint density at radius 3 is 2.96 bits per heavy atom. The summed E-state index contributed by atoms with van der Waals surface area (Å²) in [5.74, 6) is 1.41. The molecular weight excluding hydrogens is 304 g/mol. The number of aliphatic hydroxyl groups is 1. The topological polar surface area (TPSA) is 91.1 Å². The maximum absolute atomic E-state index is 9.75. The zero-order valence-electron chi connectivity index (χ0n) is 13.3. The first kappa shape index (κ1) is 14.6. The largest absolute Gasteiger partial charge is 0.394 e. The van der Waals surface area contributed by atoms with Crippen molar-refractivity contribution in [1.29, 1.82) is 0 Å². The average Bonchev–Trinajstić information content (AvgIpc) is 3.19. The van der Waals surface area contributed by atoms with Crippen LogP contribution in [0.15, 0.2) is 42.6 Å². The minimum atomic E-state index is -0.133. The zero-order valence-corrected chi connectivity index (χ0v) is 13.3. The van der Waals surface area contributed by atoms with Crippen molar-refractivity contribution >= 4 is 22.4 Å². The maximum atomic E-state index is 9.75. The summed E-state index contributed by atoms with van der Waals surface area (Å²) in [5.41, 5.74) is 2.97. The molecule has 0 saturated heterocycles. The molecule has 0 spiro atoms. The number of para-hydroxylation sites is 1. The van der Waals surface area contributed by atoms with Crippen molar-refractivity contribution in [2.75, 3.05) is 11.9 Å². The van der Waals surface area contributed by atoms with Crippen LogP contribution in [-0.2, 0) is 6.42 Å². The summed E-state index contributed by atoms with van der Waals surface area (Å²) in [6.07, 6.45) is 2.69. The molecule has 7 heteroatoms.